The van der Waals surface area contributed by atoms with Gasteiger partial charge in [-0.05, 0) is 17.0 Å². The van der Waals surface area contributed by atoms with Crippen molar-refractivity contribution in [3.8, 4) is 0 Å². The van der Waals surface area contributed by atoms with Crippen molar-refractivity contribution < 1.29 is 22.9 Å². The molecule has 0 N–H and O–H groups in total. The summed E-state index contributed by atoms with van der Waals surface area (Å²) in [4.78, 5) is 36.7. The number of nitro benzene ring substituents is 1. The Bertz CT molecular complexity index is 1140. The van der Waals surface area contributed by atoms with Gasteiger partial charge >= 0.3 is 0 Å². The van der Waals surface area contributed by atoms with E-state index in [1.165, 1.54) is 23.1 Å². The van der Waals surface area contributed by atoms with Gasteiger partial charge in [-0.2, -0.15) is 4.31 Å². The first-order valence-electron chi connectivity index (χ1n) is 10.1. The summed E-state index contributed by atoms with van der Waals surface area (Å²) in [6.07, 6.45) is 0. The number of nitro groups is 1. The number of carbonyl (C=O) groups is 2. The monoisotopic (exact) mass is 459 g/mol. The lowest BCUT2D eigenvalue weighted by Gasteiger charge is -2.33. The van der Waals surface area contributed by atoms with E-state index >= 15 is 0 Å². The molecule has 0 aliphatic carbocycles. The third-order valence-corrected chi connectivity index (χ3v) is 7.36. The number of para-hydroxylation sites is 1. The summed E-state index contributed by atoms with van der Waals surface area (Å²) < 4.78 is 26.9. The predicted molar refractivity (Wildman–Crippen MR) is 118 cm³/mol. The summed E-state index contributed by atoms with van der Waals surface area (Å²) in [5, 5.41) is 11.2. The lowest BCUT2D eigenvalue weighted by molar-refractivity contribution is -0.387. The third-order valence-electron chi connectivity index (χ3n) is 5.41. The van der Waals surface area contributed by atoms with Crippen molar-refractivity contribution in [1.29, 1.82) is 0 Å². The lowest BCUT2D eigenvalue weighted by Crippen LogP contribution is -2.52. The highest BCUT2D eigenvalue weighted by Gasteiger charge is 2.35. The third kappa shape index (κ3) is 4.71. The highest BCUT2D eigenvalue weighted by Crippen LogP contribution is 2.27. The fraction of sp³-hybridized carbons (Fsp3) is 0.364. The number of Topliss-reactive ketones (excluding diaryl/α,β-unsaturated/α-hetero) is 1. The molecular weight excluding hydrogens is 434 g/mol. The van der Waals surface area contributed by atoms with Crippen LogP contribution in [0.3, 0.4) is 0 Å². The standard InChI is InChI=1S/C22H25N3O6S/c1-22(2,3)17-10-8-16(9-11-17)20(26)21(27)23-12-14-24(15-13-23)32(30,31)19-7-5-4-6-18(19)25(28)29/h4-11H,12-15H2,1-3H3. The second-order valence-corrected chi connectivity index (χ2v) is 10.5. The maximum atomic E-state index is 12.9. The summed E-state index contributed by atoms with van der Waals surface area (Å²) in [6, 6.07) is 12.0. The zero-order valence-corrected chi connectivity index (χ0v) is 19.0. The molecule has 1 saturated heterocycles. The number of amides is 1. The minimum absolute atomic E-state index is 0.0184. The first kappa shape index (κ1) is 23.6. The molecule has 1 heterocycles. The molecule has 0 atom stereocenters. The Morgan fingerprint density at radius 1 is 0.938 bits per heavy atom. The van der Waals surface area contributed by atoms with E-state index in [-0.39, 0.29) is 42.1 Å². The minimum atomic E-state index is -4.11. The number of sulfonamides is 1. The van der Waals surface area contributed by atoms with Crippen molar-refractivity contribution in [2.45, 2.75) is 31.1 Å². The van der Waals surface area contributed by atoms with E-state index in [1.807, 2.05) is 32.9 Å². The van der Waals surface area contributed by atoms with Crippen LogP contribution in [0.4, 0.5) is 5.69 Å². The molecule has 1 aliphatic heterocycles. The molecule has 0 unspecified atom stereocenters. The van der Waals surface area contributed by atoms with E-state index in [0.29, 0.717) is 0 Å². The number of piperazine rings is 1. The number of benzene rings is 2. The van der Waals surface area contributed by atoms with E-state index in [0.717, 1.165) is 15.9 Å². The molecule has 0 aromatic heterocycles. The van der Waals surface area contributed by atoms with Crippen molar-refractivity contribution >= 4 is 27.4 Å². The molecule has 3 rings (SSSR count). The molecule has 0 saturated carbocycles. The highest BCUT2D eigenvalue weighted by atomic mass is 32.2. The Morgan fingerprint density at radius 2 is 1.50 bits per heavy atom. The topological polar surface area (TPSA) is 118 Å². The number of rotatable bonds is 5. The molecule has 0 bridgehead atoms. The highest BCUT2D eigenvalue weighted by molar-refractivity contribution is 7.89. The molecule has 2 aromatic rings. The van der Waals surface area contributed by atoms with E-state index in [2.05, 4.69) is 0 Å². The van der Waals surface area contributed by atoms with E-state index < -0.39 is 32.3 Å². The Hall–Kier alpha value is -3.11. The van der Waals surface area contributed by atoms with Crippen molar-refractivity contribution in [3.05, 3.63) is 69.8 Å². The predicted octanol–water partition coefficient (Wildman–Crippen LogP) is 2.61. The largest absolute Gasteiger partial charge is 0.333 e. The summed E-state index contributed by atoms with van der Waals surface area (Å²) in [7, 11) is -4.11. The summed E-state index contributed by atoms with van der Waals surface area (Å²) in [5.74, 6) is -1.35. The van der Waals surface area contributed by atoms with Crippen molar-refractivity contribution in [1.82, 2.24) is 9.21 Å². The fourth-order valence-electron chi connectivity index (χ4n) is 3.49. The zero-order valence-electron chi connectivity index (χ0n) is 18.1. The molecule has 32 heavy (non-hydrogen) atoms. The maximum Gasteiger partial charge on any atom is 0.295 e. The first-order valence-corrected chi connectivity index (χ1v) is 11.5. The normalized spacial score (nSPS) is 15.4. The van der Waals surface area contributed by atoms with Gasteiger partial charge in [-0.25, -0.2) is 8.42 Å². The van der Waals surface area contributed by atoms with E-state index in [9.17, 15) is 28.1 Å². The van der Waals surface area contributed by atoms with Gasteiger partial charge in [0.05, 0.1) is 4.92 Å². The first-order chi connectivity index (χ1) is 14.9. The quantitative estimate of drug-likeness (QED) is 0.294. The summed E-state index contributed by atoms with van der Waals surface area (Å²) in [6.45, 7) is 6.06. The van der Waals surface area contributed by atoms with Crippen LogP contribution in [0.15, 0.2) is 53.4 Å². The van der Waals surface area contributed by atoms with Crippen molar-refractivity contribution in [3.63, 3.8) is 0 Å². The van der Waals surface area contributed by atoms with E-state index in [4.69, 9.17) is 0 Å². The van der Waals surface area contributed by atoms with Crippen LogP contribution < -0.4 is 0 Å². The van der Waals surface area contributed by atoms with Gasteiger partial charge in [-0.1, -0.05) is 57.2 Å². The number of nitrogens with zero attached hydrogens (tertiary/aromatic N) is 3. The van der Waals surface area contributed by atoms with Gasteiger partial charge in [0, 0.05) is 37.8 Å². The molecule has 1 fully saturated rings. The second-order valence-electron chi connectivity index (χ2n) is 8.58. The minimum Gasteiger partial charge on any atom is -0.333 e. The molecule has 9 nitrogen and oxygen atoms in total. The molecule has 1 amide bonds. The number of hydrogen-bond donors (Lipinski definition) is 0. The van der Waals surface area contributed by atoms with Crippen LogP contribution in [0, 0.1) is 10.1 Å². The smallest absolute Gasteiger partial charge is 0.295 e. The van der Waals surface area contributed by atoms with Gasteiger partial charge in [0.2, 0.25) is 15.8 Å². The van der Waals surface area contributed by atoms with Gasteiger partial charge in [0.25, 0.3) is 11.6 Å². The van der Waals surface area contributed by atoms with E-state index in [1.54, 1.807) is 12.1 Å². The van der Waals surface area contributed by atoms with Crippen LogP contribution in [-0.2, 0) is 20.2 Å². The van der Waals surface area contributed by atoms with Gasteiger partial charge in [0.15, 0.2) is 4.90 Å². The Morgan fingerprint density at radius 3 is 2.03 bits per heavy atom. The van der Waals surface area contributed by atoms with Crippen LogP contribution in [0.25, 0.3) is 0 Å². The average Bonchev–Trinajstić information content (AvgIpc) is 2.77. The molecule has 2 aromatic carbocycles. The van der Waals surface area contributed by atoms with Crippen molar-refractivity contribution in [2.24, 2.45) is 0 Å². The summed E-state index contributed by atoms with van der Waals surface area (Å²) >= 11 is 0. The Labute approximate surface area is 186 Å². The van der Waals surface area contributed by atoms with Gasteiger partial charge in [-0.3, -0.25) is 19.7 Å². The maximum absolute atomic E-state index is 12.9. The van der Waals surface area contributed by atoms with Crippen LogP contribution in [0.2, 0.25) is 0 Å². The van der Waals surface area contributed by atoms with Crippen molar-refractivity contribution in [2.75, 3.05) is 26.2 Å². The van der Waals surface area contributed by atoms with Gasteiger partial charge in [0.1, 0.15) is 0 Å². The molecule has 170 valence electrons. The Kier molecular flexibility index (Phi) is 6.47. The average molecular weight is 460 g/mol. The number of hydrogen-bond acceptors (Lipinski definition) is 6. The second kappa shape index (κ2) is 8.79. The molecule has 0 spiro atoms. The van der Waals surface area contributed by atoms with Crippen LogP contribution in [0.1, 0.15) is 36.7 Å². The lowest BCUT2D eigenvalue weighted by atomic mass is 9.86. The van der Waals surface area contributed by atoms with Crippen LogP contribution >= 0.6 is 0 Å². The zero-order chi connectivity index (χ0) is 23.7. The molecular formula is C22H25N3O6S. The van der Waals surface area contributed by atoms with Gasteiger partial charge < -0.3 is 4.90 Å². The SMILES string of the molecule is CC(C)(C)c1ccc(C(=O)C(=O)N2CCN(S(=O)(=O)c3ccccc3[N+](=O)[O-])CC2)cc1. The Balaban J connectivity index is 1.69. The molecule has 1 aliphatic rings. The number of ketones is 1. The fourth-order valence-corrected chi connectivity index (χ4v) is 5.07. The van der Waals surface area contributed by atoms with Gasteiger partial charge in [-0.15, -0.1) is 0 Å². The van der Waals surface area contributed by atoms with Crippen LogP contribution in [-0.4, -0.2) is 60.4 Å². The number of carbonyl (C=O) groups excluding carboxylic acids is 2. The summed E-state index contributed by atoms with van der Waals surface area (Å²) in [5.41, 5.74) is 0.731. The van der Waals surface area contributed by atoms with Crippen LogP contribution in [0.5, 0.6) is 0 Å². The molecule has 0 radical (unpaired) electrons. The molecule has 10 heteroatoms.